The molecule has 3 heteroatoms. The number of hydrogen-bond donors (Lipinski definition) is 1. The second-order valence-electron chi connectivity index (χ2n) is 5.65. The van der Waals surface area contributed by atoms with Crippen LogP contribution in [0, 0.1) is 5.41 Å². The first-order valence-corrected chi connectivity index (χ1v) is 7.71. The predicted octanol–water partition coefficient (Wildman–Crippen LogP) is 3.97. The van der Waals surface area contributed by atoms with Gasteiger partial charge in [0.25, 0.3) is 0 Å². The van der Waals surface area contributed by atoms with Crippen molar-refractivity contribution in [2.45, 2.75) is 38.6 Å². The Hall–Kier alpha value is -0.730. The van der Waals surface area contributed by atoms with Crippen LogP contribution >= 0.6 is 11.6 Å². The molecule has 0 bridgehead atoms. The fraction of sp³-hybridized carbons (Fsp3) is 0.625. The van der Waals surface area contributed by atoms with Crippen LogP contribution in [0.15, 0.2) is 24.3 Å². The van der Waals surface area contributed by atoms with Gasteiger partial charge in [0.2, 0.25) is 0 Å². The van der Waals surface area contributed by atoms with E-state index >= 15 is 0 Å². The largest absolute Gasteiger partial charge is 0.497 e. The zero-order valence-corrected chi connectivity index (χ0v) is 12.5. The van der Waals surface area contributed by atoms with Gasteiger partial charge >= 0.3 is 0 Å². The minimum atomic E-state index is 0.326. The highest BCUT2D eigenvalue weighted by Gasteiger charge is 2.30. The molecule has 1 aromatic rings. The molecule has 0 unspecified atom stereocenters. The third-order valence-electron chi connectivity index (χ3n) is 4.19. The monoisotopic (exact) mass is 281 g/mol. The summed E-state index contributed by atoms with van der Waals surface area (Å²) in [6, 6.07) is 8.24. The fourth-order valence-electron chi connectivity index (χ4n) is 2.87. The quantitative estimate of drug-likeness (QED) is 0.797. The maximum atomic E-state index is 6.20. The number of methoxy groups -OCH3 is 1. The Morgan fingerprint density at radius 1 is 1.16 bits per heavy atom. The van der Waals surface area contributed by atoms with Gasteiger partial charge in [0.05, 0.1) is 7.11 Å². The molecule has 1 N–H and O–H groups in total. The molecule has 1 aromatic carbocycles. The Labute approximate surface area is 121 Å². The second kappa shape index (κ2) is 7.16. The molecule has 0 aliphatic heterocycles. The van der Waals surface area contributed by atoms with Crippen LogP contribution in [0.2, 0.25) is 0 Å². The molecule has 0 heterocycles. The van der Waals surface area contributed by atoms with Crippen molar-refractivity contribution in [1.82, 2.24) is 5.32 Å². The van der Waals surface area contributed by atoms with E-state index in [1.165, 1.54) is 37.7 Å². The lowest BCUT2D eigenvalue weighted by Crippen LogP contribution is -2.37. The van der Waals surface area contributed by atoms with Gasteiger partial charge in [0.1, 0.15) is 5.75 Å². The van der Waals surface area contributed by atoms with Crippen LogP contribution in [0.5, 0.6) is 5.75 Å². The van der Waals surface area contributed by atoms with Crippen LogP contribution < -0.4 is 10.1 Å². The molecule has 0 spiro atoms. The lowest BCUT2D eigenvalue weighted by atomic mass is 9.75. The van der Waals surface area contributed by atoms with Gasteiger partial charge in [-0.05, 0) is 36.0 Å². The van der Waals surface area contributed by atoms with E-state index in [9.17, 15) is 0 Å². The number of benzene rings is 1. The van der Waals surface area contributed by atoms with E-state index in [-0.39, 0.29) is 0 Å². The van der Waals surface area contributed by atoms with Crippen LogP contribution in [0.3, 0.4) is 0 Å². The van der Waals surface area contributed by atoms with Crippen molar-refractivity contribution in [1.29, 1.82) is 0 Å². The van der Waals surface area contributed by atoms with Gasteiger partial charge in [-0.3, -0.25) is 0 Å². The zero-order chi connectivity index (χ0) is 13.6. The van der Waals surface area contributed by atoms with Crippen LogP contribution in [0.4, 0.5) is 0 Å². The number of alkyl halides is 1. The Bertz CT molecular complexity index is 371. The van der Waals surface area contributed by atoms with Crippen molar-refractivity contribution in [3.05, 3.63) is 29.8 Å². The lowest BCUT2D eigenvalue weighted by Gasteiger charge is -2.35. The van der Waals surface area contributed by atoms with Gasteiger partial charge in [-0.15, -0.1) is 11.6 Å². The molecule has 2 rings (SSSR count). The molecule has 0 amide bonds. The Morgan fingerprint density at radius 2 is 1.84 bits per heavy atom. The van der Waals surface area contributed by atoms with Crippen LogP contribution in [0.25, 0.3) is 0 Å². The summed E-state index contributed by atoms with van der Waals surface area (Å²) in [5.74, 6) is 1.69. The Morgan fingerprint density at radius 3 is 2.42 bits per heavy atom. The second-order valence-corrected chi connectivity index (χ2v) is 5.91. The summed E-state index contributed by atoms with van der Waals surface area (Å²) in [5, 5.41) is 3.58. The van der Waals surface area contributed by atoms with E-state index in [0.717, 1.165) is 24.7 Å². The normalized spacial score (nSPS) is 18.2. The maximum absolute atomic E-state index is 6.20. The fourth-order valence-corrected chi connectivity index (χ4v) is 3.24. The van der Waals surface area contributed by atoms with Gasteiger partial charge in [0.15, 0.2) is 0 Å². The number of nitrogens with one attached hydrogen (secondary N) is 1. The third kappa shape index (κ3) is 4.12. The summed E-state index contributed by atoms with van der Waals surface area (Å²) in [6.45, 7) is 1.94. The van der Waals surface area contributed by atoms with E-state index in [1.54, 1.807) is 7.11 Å². The van der Waals surface area contributed by atoms with Gasteiger partial charge in [-0.1, -0.05) is 31.4 Å². The average molecular weight is 282 g/mol. The molecular weight excluding hydrogens is 258 g/mol. The molecule has 19 heavy (non-hydrogen) atoms. The highest BCUT2D eigenvalue weighted by molar-refractivity contribution is 6.18. The SMILES string of the molecule is COc1ccc(CNCC2(CCl)CCCCC2)cc1. The molecule has 0 saturated heterocycles. The molecule has 0 aromatic heterocycles. The summed E-state index contributed by atoms with van der Waals surface area (Å²) >= 11 is 6.20. The van der Waals surface area contributed by atoms with Crippen molar-refractivity contribution in [2.24, 2.45) is 5.41 Å². The van der Waals surface area contributed by atoms with E-state index in [1.807, 2.05) is 12.1 Å². The minimum Gasteiger partial charge on any atom is -0.497 e. The standard InChI is InChI=1S/C16H24ClNO/c1-19-15-7-5-14(6-8-15)11-18-13-16(12-17)9-3-2-4-10-16/h5-8,18H,2-4,9-13H2,1H3. The van der Waals surface area contributed by atoms with Gasteiger partial charge < -0.3 is 10.1 Å². The van der Waals surface area contributed by atoms with Crippen molar-refractivity contribution in [3.8, 4) is 5.75 Å². The molecule has 0 atom stereocenters. The average Bonchev–Trinajstić information content (AvgIpc) is 2.49. The predicted molar refractivity (Wildman–Crippen MR) is 80.9 cm³/mol. The Balaban J connectivity index is 1.81. The van der Waals surface area contributed by atoms with E-state index in [2.05, 4.69) is 17.4 Å². The van der Waals surface area contributed by atoms with Crippen LogP contribution in [-0.4, -0.2) is 19.5 Å². The number of halogens is 1. The van der Waals surface area contributed by atoms with Crippen molar-refractivity contribution in [3.63, 3.8) is 0 Å². The molecule has 1 aliphatic rings. The highest BCUT2D eigenvalue weighted by atomic mass is 35.5. The van der Waals surface area contributed by atoms with Crippen molar-refractivity contribution >= 4 is 11.6 Å². The highest BCUT2D eigenvalue weighted by Crippen LogP contribution is 2.36. The first kappa shape index (κ1) is 14.7. The summed E-state index contributed by atoms with van der Waals surface area (Å²) in [6.07, 6.45) is 6.57. The van der Waals surface area contributed by atoms with Crippen molar-refractivity contribution < 1.29 is 4.74 Å². The molecule has 1 saturated carbocycles. The molecule has 1 fully saturated rings. The molecular formula is C16H24ClNO. The maximum Gasteiger partial charge on any atom is 0.118 e. The van der Waals surface area contributed by atoms with E-state index in [4.69, 9.17) is 16.3 Å². The first-order valence-electron chi connectivity index (χ1n) is 7.18. The minimum absolute atomic E-state index is 0.326. The first-order chi connectivity index (χ1) is 9.28. The van der Waals surface area contributed by atoms with Crippen LogP contribution in [-0.2, 0) is 6.54 Å². The molecule has 2 nitrogen and oxygen atoms in total. The van der Waals surface area contributed by atoms with E-state index in [0.29, 0.717) is 5.41 Å². The summed E-state index contributed by atoms with van der Waals surface area (Å²) in [5.41, 5.74) is 1.62. The topological polar surface area (TPSA) is 21.3 Å². The smallest absolute Gasteiger partial charge is 0.118 e. The summed E-state index contributed by atoms with van der Waals surface area (Å²) in [7, 11) is 1.69. The van der Waals surface area contributed by atoms with Crippen LogP contribution in [0.1, 0.15) is 37.7 Å². The summed E-state index contributed by atoms with van der Waals surface area (Å²) < 4.78 is 5.16. The Kier molecular flexibility index (Phi) is 5.53. The molecule has 106 valence electrons. The van der Waals surface area contributed by atoms with Gasteiger partial charge in [-0.25, -0.2) is 0 Å². The molecule has 1 aliphatic carbocycles. The van der Waals surface area contributed by atoms with E-state index < -0.39 is 0 Å². The zero-order valence-electron chi connectivity index (χ0n) is 11.8. The number of rotatable bonds is 6. The lowest BCUT2D eigenvalue weighted by molar-refractivity contribution is 0.212. The van der Waals surface area contributed by atoms with Crippen molar-refractivity contribution in [2.75, 3.05) is 19.5 Å². The number of ether oxygens (including phenoxy) is 1. The third-order valence-corrected chi connectivity index (χ3v) is 4.75. The van der Waals surface area contributed by atoms with Gasteiger partial charge in [0, 0.05) is 19.0 Å². The van der Waals surface area contributed by atoms with Gasteiger partial charge in [-0.2, -0.15) is 0 Å². The molecule has 0 radical (unpaired) electrons. The summed E-state index contributed by atoms with van der Waals surface area (Å²) in [4.78, 5) is 0. The number of hydrogen-bond acceptors (Lipinski definition) is 2.